The Morgan fingerprint density at radius 1 is 1.22 bits per heavy atom. The van der Waals surface area contributed by atoms with Crippen LogP contribution in [-0.4, -0.2) is 45.2 Å². The normalized spacial score (nSPS) is 29.7. The van der Waals surface area contributed by atoms with Crippen molar-refractivity contribution < 1.29 is 4.79 Å². The maximum absolute atomic E-state index is 12.8. The molecular formula is C18H26N4O. The summed E-state index contributed by atoms with van der Waals surface area (Å²) in [6.45, 7) is 6.41. The zero-order valence-electron chi connectivity index (χ0n) is 13.6. The lowest BCUT2D eigenvalue weighted by atomic mass is 9.80. The summed E-state index contributed by atoms with van der Waals surface area (Å²) in [5, 5.41) is 9.95. The van der Waals surface area contributed by atoms with Crippen LogP contribution in [-0.2, 0) is 11.3 Å². The third kappa shape index (κ3) is 2.72. The standard InChI is InChI=1S/C18H26N4O/c23-17(18-12-19-10-15(18)11-20-13-18)21-9-14-4-3-5-16(8-14)22-6-1-2-7-22/h3-5,8,15,19-20H,1-2,6-7,9-13H2,(H,21,23). The van der Waals surface area contributed by atoms with Crippen LogP contribution < -0.4 is 20.9 Å². The molecule has 0 spiro atoms. The fourth-order valence-electron chi connectivity index (χ4n) is 4.30. The van der Waals surface area contributed by atoms with E-state index in [1.54, 1.807) is 0 Å². The summed E-state index contributed by atoms with van der Waals surface area (Å²) < 4.78 is 0. The van der Waals surface area contributed by atoms with Gasteiger partial charge in [0, 0.05) is 57.4 Å². The summed E-state index contributed by atoms with van der Waals surface area (Å²) in [6, 6.07) is 8.60. The number of fused-ring (bicyclic) bond motifs is 1. The fraction of sp³-hybridized carbons (Fsp3) is 0.611. The maximum Gasteiger partial charge on any atom is 0.229 e. The third-order valence-electron chi connectivity index (χ3n) is 5.73. The van der Waals surface area contributed by atoms with Crippen molar-refractivity contribution in [2.75, 3.05) is 44.2 Å². The van der Waals surface area contributed by atoms with Gasteiger partial charge in [-0.15, -0.1) is 0 Å². The van der Waals surface area contributed by atoms with Gasteiger partial charge < -0.3 is 20.9 Å². The molecule has 0 aromatic heterocycles. The fourth-order valence-corrected chi connectivity index (χ4v) is 4.30. The Hall–Kier alpha value is -1.59. The highest BCUT2D eigenvalue weighted by molar-refractivity contribution is 5.84. The van der Waals surface area contributed by atoms with E-state index in [-0.39, 0.29) is 11.3 Å². The Kier molecular flexibility index (Phi) is 3.99. The highest BCUT2D eigenvalue weighted by atomic mass is 16.2. The molecule has 0 unspecified atom stereocenters. The van der Waals surface area contributed by atoms with Gasteiger partial charge in [0.05, 0.1) is 5.41 Å². The second-order valence-corrected chi connectivity index (χ2v) is 7.16. The van der Waals surface area contributed by atoms with Gasteiger partial charge in [0.1, 0.15) is 0 Å². The van der Waals surface area contributed by atoms with Gasteiger partial charge in [0.15, 0.2) is 0 Å². The van der Waals surface area contributed by atoms with Crippen LogP contribution in [0.1, 0.15) is 18.4 Å². The molecule has 5 heteroatoms. The summed E-state index contributed by atoms with van der Waals surface area (Å²) in [5.41, 5.74) is 2.23. The number of carbonyl (C=O) groups excluding carboxylic acids is 1. The Balaban J connectivity index is 1.41. The maximum atomic E-state index is 12.8. The van der Waals surface area contributed by atoms with Crippen LogP contribution in [0.15, 0.2) is 24.3 Å². The lowest BCUT2D eigenvalue weighted by molar-refractivity contribution is -0.130. The van der Waals surface area contributed by atoms with Crippen LogP contribution in [0.5, 0.6) is 0 Å². The molecule has 1 aromatic carbocycles. The number of rotatable bonds is 4. The monoisotopic (exact) mass is 314 g/mol. The van der Waals surface area contributed by atoms with Crippen molar-refractivity contribution in [2.45, 2.75) is 19.4 Å². The number of carbonyl (C=O) groups is 1. The second kappa shape index (κ2) is 6.13. The molecule has 0 atom stereocenters. The van der Waals surface area contributed by atoms with Gasteiger partial charge in [0.25, 0.3) is 0 Å². The van der Waals surface area contributed by atoms with Crippen LogP contribution in [0.4, 0.5) is 5.69 Å². The molecule has 3 heterocycles. The van der Waals surface area contributed by atoms with Crippen LogP contribution in [0.25, 0.3) is 0 Å². The predicted molar refractivity (Wildman–Crippen MR) is 91.4 cm³/mol. The molecule has 23 heavy (non-hydrogen) atoms. The van der Waals surface area contributed by atoms with Crippen LogP contribution in [0.3, 0.4) is 0 Å². The van der Waals surface area contributed by atoms with E-state index in [4.69, 9.17) is 0 Å². The Bertz CT molecular complexity index is 572. The molecule has 0 bridgehead atoms. The van der Waals surface area contributed by atoms with Crippen molar-refractivity contribution in [3.05, 3.63) is 29.8 Å². The number of anilines is 1. The molecule has 0 radical (unpaired) electrons. The van der Waals surface area contributed by atoms with Gasteiger partial charge >= 0.3 is 0 Å². The van der Waals surface area contributed by atoms with Gasteiger partial charge in [-0.3, -0.25) is 4.79 Å². The zero-order chi connectivity index (χ0) is 15.7. The smallest absolute Gasteiger partial charge is 0.229 e. The zero-order valence-corrected chi connectivity index (χ0v) is 13.6. The van der Waals surface area contributed by atoms with Crippen molar-refractivity contribution in [1.82, 2.24) is 16.0 Å². The molecule has 3 saturated heterocycles. The van der Waals surface area contributed by atoms with E-state index in [2.05, 4.69) is 45.1 Å². The summed E-state index contributed by atoms with van der Waals surface area (Å²) in [7, 11) is 0. The first kappa shape index (κ1) is 15.0. The van der Waals surface area contributed by atoms with Crippen molar-refractivity contribution in [2.24, 2.45) is 11.3 Å². The van der Waals surface area contributed by atoms with Gasteiger partial charge in [-0.05, 0) is 30.5 Å². The van der Waals surface area contributed by atoms with E-state index in [0.29, 0.717) is 12.5 Å². The number of nitrogens with one attached hydrogen (secondary N) is 3. The molecule has 5 nitrogen and oxygen atoms in total. The Morgan fingerprint density at radius 3 is 2.70 bits per heavy atom. The Labute approximate surface area is 137 Å². The minimum atomic E-state index is -0.243. The SMILES string of the molecule is O=C(NCc1cccc(N2CCCC2)c1)C12CNCC1CNC2. The first-order valence-electron chi connectivity index (χ1n) is 8.82. The molecule has 3 N–H and O–H groups in total. The largest absolute Gasteiger partial charge is 0.372 e. The first-order chi connectivity index (χ1) is 11.3. The number of nitrogens with zero attached hydrogens (tertiary/aromatic N) is 1. The van der Waals surface area contributed by atoms with E-state index in [0.717, 1.165) is 39.3 Å². The lowest BCUT2D eigenvalue weighted by Crippen LogP contribution is -2.46. The third-order valence-corrected chi connectivity index (χ3v) is 5.73. The molecule has 124 valence electrons. The summed E-state index contributed by atoms with van der Waals surface area (Å²) >= 11 is 0. The molecule has 3 aliphatic rings. The minimum absolute atomic E-state index is 0.198. The van der Waals surface area contributed by atoms with E-state index >= 15 is 0 Å². The summed E-state index contributed by atoms with van der Waals surface area (Å²) in [5.74, 6) is 0.627. The number of benzene rings is 1. The van der Waals surface area contributed by atoms with Crippen molar-refractivity contribution in [3.8, 4) is 0 Å². The van der Waals surface area contributed by atoms with Crippen molar-refractivity contribution in [1.29, 1.82) is 0 Å². The highest BCUT2D eigenvalue weighted by Crippen LogP contribution is 2.35. The number of hydrogen-bond donors (Lipinski definition) is 3. The second-order valence-electron chi connectivity index (χ2n) is 7.16. The molecular weight excluding hydrogens is 288 g/mol. The molecule has 1 aromatic rings. The van der Waals surface area contributed by atoms with Gasteiger partial charge in [0.2, 0.25) is 5.91 Å². The number of amides is 1. The number of hydrogen-bond acceptors (Lipinski definition) is 4. The quantitative estimate of drug-likeness (QED) is 0.766. The summed E-state index contributed by atoms with van der Waals surface area (Å²) in [6.07, 6.45) is 2.57. The highest BCUT2D eigenvalue weighted by Gasteiger charge is 2.51. The minimum Gasteiger partial charge on any atom is -0.372 e. The van der Waals surface area contributed by atoms with Crippen LogP contribution in [0.2, 0.25) is 0 Å². The van der Waals surface area contributed by atoms with Crippen LogP contribution >= 0.6 is 0 Å². The van der Waals surface area contributed by atoms with E-state index in [9.17, 15) is 4.79 Å². The molecule has 0 saturated carbocycles. The molecule has 3 fully saturated rings. The van der Waals surface area contributed by atoms with E-state index in [1.807, 2.05) is 0 Å². The van der Waals surface area contributed by atoms with Gasteiger partial charge in [-0.1, -0.05) is 12.1 Å². The average molecular weight is 314 g/mol. The molecule has 0 aliphatic carbocycles. The molecule has 1 amide bonds. The summed E-state index contributed by atoms with van der Waals surface area (Å²) in [4.78, 5) is 15.2. The Morgan fingerprint density at radius 2 is 1.96 bits per heavy atom. The first-order valence-corrected chi connectivity index (χ1v) is 8.82. The van der Waals surface area contributed by atoms with Crippen LogP contribution in [0, 0.1) is 11.3 Å². The molecule has 3 aliphatic heterocycles. The van der Waals surface area contributed by atoms with Gasteiger partial charge in [-0.2, -0.15) is 0 Å². The van der Waals surface area contributed by atoms with Crippen molar-refractivity contribution in [3.63, 3.8) is 0 Å². The average Bonchev–Trinajstić information content (AvgIpc) is 3.28. The molecule has 4 rings (SSSR count). The van der Waals surface area contributed by atoms with Crippen molar-refractivity contribution >= 4 is 11.6 Å². The topological polar surface area (TPSA) is 56.4 Å². The predicted octanol–water partition coefficient (Wildman–Crippen LogP) is 0.712. The van der Waals surface area contributed by atoms with Gasteiger partial charge in [-0.25, -0.2) is 0 Å². The van der Waals surface area contributed by atoms with E-state index < -0.39 is 0 Å². The van der Waals surface area contributed by atoms with E-state index in [1.165, 1.54) is 24.1 Å². The lowest BCUT2D eigenvalue weighted by Gasteiger charge is -2.26.